The van der Waals surface area contributed by atoms with Crippen LogP contribution in [-0.2, 0) is 16.0 Å². The molecule has 0 saturated carbocycles. The molecule has 0 bridgehead atoms. The van der Waals surface area contributed by atoms with Crippen molar-refractivity contribution >= 4 is 28.8 Å². The number of hydrogen-bond donors (Lipinski definition) is 1. The third kappa shape index (κ3) is 3.20. The van der Waals surface area contributed by atoms with Crippen LogP contribution in [-0.4, -0.2) is 24.4 Å². The van der Waals surface area contributed by atoms with Crippen LogP contribution < -0.4 is 10.2 Å². The van der Waals surface area contributed by atoms with Crippen LogP contribution in [0.4, 0.5) is 5.69 Å². The zero-order valence-corrected chi connectivity index (χ0v) is 13.2. The minimum absolute atomic E-state index is 0.0246. The SMILES string of the molecule is Cc1ccc(N2CC[C@H](NC(=O)Cc3cccs3)C2=O)cc1. The predicted octanol–water partition coefficient (Wildman–Crippen LogP) is 2.52. The van der Waals surface area contributed by atoms with E-state index in [1.165, 1.54) is 0 Å². The third-order valence-electron chi connectivity index (χ3n) is 3.80. The lowest BCUT2D eigenvalue weighted by Crippen LogP contribution is -2.42. The summed E-state index contributed by atoms with van der Waals surface area (Å²) in [4.78, 5) is 27.2. The van der Waals surface area contributed by atoms with E-state index < -0.39 is 6.04 Å². The molecule has 2 heterocycles. The van der Waals surface area contributed by atoms with Crippen LogP contribution in [0, 0.1) is 6.92 Å². The lowest BCUT2D eigenvalue weighted by Gasteiger charge is -2.17. The molecule has 0 radical (unpaired) electrons. The van der Waals surface area contributed by atoms with Gasteiger partial charge < -0.3 is 10.2 Å². The highest BCUT2D eigenvalue weighted by Gasteiger charge is 2.33. The largest absolute Gasteiger partial charge is 0.344 e. The molecule has 1 aliphatic heterocycles. The molecule has 1 atom stereocenters. The molecule has 1 aromatic heterocycles. The van der Waals surface area contributed by atoms with Gasteiger partial charge in [0.2, 0.25) is 11.8 Å². The highest BCUT2D eigenvalue weighted by molar-refractivity contribution is 7.10. The van der Waals surface area contributed by atoms with Gasteiger partial charge in [-0.3, -0.25) is 9.59 Å². The molecular formula is C17H18N2O2S. The fourth-order valence-electron chi connectivity index (χ4n) is 2.61. The summed E-state index contributed by atoms with van der Waals surface area (Å²) in [5.41, 5.74) is 2.06. The Bertz CT molecular complexity index is 664. The van der Waals surface area contributed by atoms with Crippen LogP contribution >= 0.6 is 11.3 Å². The van der Waals surface area contributed by atoms with E-state index in [2.05, 4.69) is 5.32 Å². The number of thiophene rings is 1. The Labute approximate surface area is 133 Å². The molecule has 1 N–H and O–H groups in total. The Kier molecular flexibility index (Phi) is 4.24. The number of aryl methyl sites for hydroxylation is 1. The first kappa shape index (κ1) is 14.8. The van der Waals surface area contributed by atoms with Crippen molar-refractivity contribution in [3.05, 3.63) is 52.2 Å². The van der Waals surface area contributed by atoms with E-state index in [-0.39, 0.29) is 11.8 Å². The average Bonchev–Trinajstić information content (AvgIpc) is 3.11. The van der Waals surface area contributed by atoms with Crippen molar-refractivity contribution in [2.24, 2.45) is 0 Å². The average molecular weight is 314 g/mol. The fourth-order valence-corrected chi connectivity index (χ4v) is 3.32. The second-order valence-corrected chi connectivity index (χ2v) is 6.52. The number of carbonyl (C=O) groups excluding carboxylic acids is 2. The van der Waals surface area contributed by atoms with E-state index in [0.717, 1.165) is 16.1 Å². The lowest BCUT2D eigenvalue weighted by molar-refractivity contribution is -0.126. The summed E-state index contributed by atoms with van der Waals surface area (Å²) in [5, 5.41) is 4.80. The van der Waals surface area contributed by atoms with Crippen LogP contribution in [0.15, 0.2) is 41.8 Å². The Morgan fingerprint density at radius 1 is 1.32 bits per heavy atom. The van der Waals surface area contributed by atoms with Gasteiger partial charge in [-0.25, -0.2) is 0 Å². The number of anilines is 1. The summed E-state index contributed by atoms with van der Waals surface area (Å²) in [6.07, 6.45) is 0.995. The molecule has 1 aromatic carbocycles. The summed E-state index contributed by atoms with van der Waals surface area (Å²) < 4.78 is 0. The van der Waals surface area contributed by atoms with Crippen molar-refractivity contribution in [3.8, 4) is 0 Å². The van der Waals surface area contributed by atoms with Crippen molar-refractivity contribution in [2.45, 2.75) is 25.8 Å². The molecule has 2 amide bonds. The Morgan fingerprint density at radius 3 is 2.77 bits per heavy atom. The number of rotatable bonds is 4. The molecule has 5 heteroatoms. The van der Waals surface area contributed by atoms with E-state index in [4.69, 9.17) is 0 Å². The summed E-state index contributed by atoms with van der Waals surface area (Å²) in [7, 11) is 0. The number of hydrogen-bond acceptors (Lipinski definition) is 3. The molecule has 0 spiro atoms. The monoisotopic (exact) mass is 314 g/mol. The maximum atomic E-state index is 12.4. The molecule has 0 unspecified atom stereocenters. The third-order valence-corrected chi connectivity index (χ3v) is 4.68. The first-order chi connectivity index (χ1) is 10.6. The maximum absolute atomic E-state index is 12.4. The first-order valence-electron chi connectivity index (χ1n) is 7.33. The molecule has 114 valence electrons. The lowest BCUT2D eigenvalue weighted by atomic mass is 10.2. The number of amides is 2. The molecular weight excluding hydrogens is 296 g/mol. The van der Waals surface area contributed by atoms with E-state index in [1.807, 2.05) is 48.7 Å². The topological polar surface area (TPSA) is 49.4 Å². The molecule has 3 rings (SSSR count). The number of carbonyl (C=O) groups is 2. The van der Waals surface area contributed by atoms with Gasteiger partial charge in [-0.15, -0.1) is 11.3 Å². The van der Waals surface area contributed by atoms with Crippen molar-refractivity contribution in [2.75, 3.05) is 11.4 Å². The molecule has 4 nitrogen and oxygen atoms in total. The first-order valence-corrected chi connectivity index (χ1v) is 8.21. The normalized spacial score (nSPS) is 17.8. The number of benzene rings is 1. The van der Waals surface area contributed by atoms with Gasteiger partial charge in [0, 0.05) is 17.1 Å². The van der Waals surface area contributed by atoms with Crippen molar-refractivity contribution in [3.63, 3.8) is 0 Å². The predicted molar refractivity (Wildman–Crippen MR) is 88.1 cm³/mol. The minimum atomic E-state index is -0.409. The summed E-state index contributed by atoms with van der Waals surface area (Å²) in [5.74, 6) is -0.116. The van der Waals surface area contributed by atoms with Gasteiger partial charge in [-0.2, -0.15) is 0 Å². The molecule has 1 fully saturated rings. The van der Waals surface area contributed by atoms with Crippen LogP contribution in [0.2, 0.25) is 0 Å². The highest BCUT2D eigenvalue weighted by atomic mass is 32.1. The van der Waals surface area contributed by atoms with Crippen LogP contribution in [0.5, 0.6) is 0 Å². The Morgan fingerprint density at radius 2 is 2.09 bits per heavy atom. The minimum Gasteiger partial charge on any atom is -0.344 e. The second-order valence-electron chi connectivity index (χ2n) is 5.49. The van der Waals surface area contributed by atoms with Gasteiger partial charge in [0.05, 0.1) is 6.42 Å². The van der Waals surface area contributed by atoms with Crippen LogP contribution in [0.1, 0.15) is 16.9 Å². The van der Waals surface area contributed by atoms with E-state index in [1.54, 1.807) is 16.2 Å². The number of nitrogens with one attached hydrogen (secondary N) is 1. The highest BCUT2D eigenvalue weighted by Crippen LogP contribution is 2.22. The van der Waals surface area contributed by atoms with Gasteiger partial charge in [0.1, 0.15) is 6.04 Å². The summed E-state index contributed by atoms with van der Waals surface area (Å²) in [6, 6.07) is 11.3. The Hall–Kier alpha value is -2.14. The fraction of sp³-hybridized carbons (Fsp3) is 0.294. The molecule has 2 aromatic rings. The molecule has 1 saturated heterocycles. The maximum Gasteiger partial charge on any atom is 0.249 e. The van der Waals surface area contributed by atoms with Gasteiger partial charge >= 0.3 is 0 Å². The Balaban J connectivity index is 1.61. The quantitative estimate of drug-likeness (QED) is 0.943. The van der Waals surface area contributed by atoms with E-state index in [9.17, 15) is 9.59 Å². The second kappa shape index (κ2) is 6.32. The van der Waals surface area contributed by atoms with Gasteiger partial charge in [0.25, 0.3) is 0 Å². The van der Waals surface area contributed by atoms with Crippen molar-refractivity contribution in [1.82, 2.24) is 5.32 Å². The zero-order valence-electron chi connectivity index (χ0n) is 12.4. The molecule has 1 aliphatic rings. The van der Waals surface area contributed by atoms with Gasteiger partial charge in [0.15, 0.2) is 0 Å². The van der Waals surface area contributed by atoms with E-state index >= 15 is 0 Å². The van der Waals surface area contributed by atoms with Crippen molar-refractivity contribution in [1.29, 1.82) is 0 Å². The van der Waals surface area contributed by atoms with Crippen LogP contribution in [0.3, 0.4) is 0 Å². The molecule has 22 heavy (non-hydrogen) atoms. The summed E-state index contributed by atoms with van der Waals surface area (Å²) in [6.45, 7) is 2.66. The van der Waals surface area contributed by atoms with Crippen molar-refractivity contribution < 1.29 is 9.59 Å². The standard InChI is InChI=1S/C17H18N2O2S/c1-12-4-6-13(7-5-12)19-9-8-15(17(19)21)18-16(20)11-14-3-2-10-22-14/h2-7,10,15H,8-9,11H2,1H3,(H,18,20)/t15-/m0/s1. The van der Waals surface area contributed by atoms with Gasteiger partial charge in [-0.05, 0) is 36.9 Å². The summed E-state index contributed by atoms with van der Waals surface area (Å²) >= 11 is 1.55. The van der Waals surface area contributed by atoms with E-state index in [0.29, 0.717) is 19.4 Å². The van der Waals surface area contributed by atoms with Gasteiger partial charge in [-0.1, -0.05) is 23.8 Å². The smallest absolute Gasteiger partial charge is 0.249 e. The number of nitrogens with zero attached hydrogens (tertiary/aromatic N) is 1. The zero-order chi connectivity index (χ0) is 15.5. The molecule has 0 aliphatic carbocycles. The van der Waals surface area contributed by atoms with Crippen LogP contribution in [0.25, 0.3) is 0 Å².